The van der Waals surface area contributed by atoms with E-state index in [9.17, 15) is 14.4 Å². The predicted molar refractivity (Wildman–Crippen MR) is 164 cm³/mol. The predicted octanol–water partition coefficient (Wildman–Crippen LogP) is 7.96. The molecule has 0 radical (unpaired) electrons. The molecule has 0 aliphatic carbocycles. The van der Waals surface area contributed by atoms with Crippen molar-refractivity contribution in [2.45, 2.75) is 136 Å². The van der Waals surface area contributed by atoms with Crippen molar-refractivity contribution >= 4 is 17.7 Å². The first-order chi connectivity index (χ1) is 20.2. The lowest BCUT2D eigenvalue weighted by atomic mass is 10.0. The molecule has 0 bridgehead atoms. The molecule has 0 aromatic heterocycles. The van der Waals surface area contributed by atoms with E-state index in [1.165, 1.54) is 18.2 Å². The number of nitrogens with one attached hydrogen (secondary N) is 3. The van der Waals surface area contributed by atoms with Crippen LogP contribution in [0.4, 0.5) is 0 Å². The first kappa shape index (κ1) is 29.6. The van der Waals surface area contributed by atoms with Crippen molar-refractivity contribution in [1.82, 2.24) is 16.0 Å². The van der Waals surface area contributed by atoms with Crippen LogP contribution >= 0.6 is 0 Å². The largest absolute Gasteiger partial charge is 0.352 e. The van der Waals surface area contributed by atoms with Crippen LogP contribution in [-0.2, 0) is 0 Å². The van der Waals surface area contributed by atoms with Gasteiger partial charge in [0.2, 0.25) is 0 Å². The molecule has 0 fully saturated rings. The minimum atomic E-state index is -0.787. The highest BCUT2D eigenvalue weighted by Gasteiger charge is 2.16. The Bertz CT molecular complexity index is 789. The van der Waals surface area contributed by atoms with Gasteiger partial charge in [-0.1, -0.05) is 117 Å². The average molecular weight is 547 g/mol. The third kappa shape index (κ3) is 17.0. The Morgan fingerprint density at radius 1 is 0.462 bits per heavy atom. The number of carbonyl (C=O) groups is 3. The van der Waals surface area contributed by atoms with E-state index < -0.39 is 37.3 Å². The normalized spacial score (nSPS) is 14.4. The number of benzene rings is 1. The summed E-state index contributed by atoms with van der Waals surface area (Å²) in [5, 5.41) is 8.04. The quantitative estimate of drug-likeness (QED) is 0.115. The van der Waals surface area contributed by atoms with Crippen molar-refractivity contribution in [3.8, 4) is 0 Å². The number of carbonyl (C=O) groups excluding carboxylic acids is 3. The van der Waals surface area contributed by atoms with Crippen LogP contribution in [0.2, 0.25) is 0 Å². The summed E-state index contributed by atoms with van der Waals surface area (Å²) in [6, 6.07) is 4.24. The SMILES string of the molecule is [2H][C@H](CCCCCCC)NC(=O)c1cc(C(=O)N[C@H]([2H])CCCCCCC)cc(C(=O)N[C@H]([2H])CCCCCCC)c1. The van der Waals surface area contributed by atoms with Crippen LogP contribution < -0.4 is 16.0 Å². The van der Waals surface area contributed by atoms with Crippen LogP contribution in [-0.4, -0.2) is 37.3 Å². The van der Waals surface area contributed by atoms with Crippen molar-refractivity contribution in [3.05, 3.63) is 34.9 Å². The van der Waals surface area contributed by atoms with Gasteiger partial charge in [-0.05, 0) is 37.5 Å². The van der Waals surface area contributed by atoms with E-state index in [1.54, 1.807) is 0 Å². The zero-order valence-electron chi connectivity index (χ0n) is 27.9. The smallest absolute Gasteiger partial charge is 0.251 e. The summed E-state index contributed by atoms with van der Waals surface area (Å²) in [7, 11) is 0. The zero-order valence-corrected chi connectivity index (χ0v) is 24.9. The summed E-state index contributed by atoms with van der Waals surface area (Å²) in [5.41, 5.74) is 0.328. The summed E-state index contributed by atoms with van der Waals surface area (Å²) in [4.78, 5) is 39.2. The Kier molecular flexibility index (Phi) is 17.9. The van der Waals surface area contributed by atoms with E-state index in [1.807, 2.05) is 0 Å². The van der Waals surface area contributed by atoms with Crippen LogP contribution in [0.25, 0.3) is 0 Å². The van der Waals surface area contributed by atoms with Gasteiger partial charge in [0.25, 0.3) is 17.7 Å². The lowest BCUT2D eigenvalue weighted by Crippen LogP contribution is -2.29. The monoisotopic (exact) mass is 546 g/mol. The summed E-state index contributed by atoms with van der Waals surface area (Å²) in [6.45, 7) is 4.08. The van der Waals surface area contributed by atoms with Gasteiger partial charge in [0.05, 0.1) is 0 Å². The second-order valence-electron chi connectivity index (χ2n) is 10.4. The molecule has 39 heavy (non-hydrogen) atoms. The number of amides is 3. The topological polar surface area (TPSA) is 87.3 Å². The fourth-order valence-electron chi connectivity index (χ4n) is 4.32. The molecule has 0 aliphatic rings. The first-order valence-corrected chi connectivity index (χ1v) is 15.6. The van der Waals surface area contributed by atoms with Crippen molar-refractivity contribution in [3.63, 3.8) is 0 Å². The molecular formula is C33H57N3O3. The van der Waals surface area contributed by atoms with Gasteiger partial charge in [0, 0.05) is 40.4 Å². The molecule has 3 amide bonds. The molecule has 6 nitrogen and oxygen atoms in total. The minimum Gasteiger partial charge on any atom is -0.352 e. The Hall–Kier alpha value is -2.37. The van der Waals surface area contributed by atoms with E-state index >= 15 is 0 Å². The molecule has 3 atom stereocenters. The molecule has 222 valence electrons. The van der Waals surface area contributed by atoms with Gasteiger partial charge in [-0.2, -0.15) is 0 Å². The molecule has 0 unspecified atom stereocenters. The molecule has 0 heterocycles. The summed E-state index contributed by atoms with van der Waals surface area (Å²) >= 11 is 0. The fraction of sp³-hybridized carbons (Fsp3) is 0.727. The summed E-state index contributed by atoms with van der Waals surface area (Å²) in [6.07, 6.45) is 17.4. The third-order valence-corrected chi connectivity index (χ3v) is 6.78. The van der Waals surface area contributed by atoms with Crippen molar-refractivity contribution in [2.24, 2.45) is 0 Å². The maximum Gasteiger partial charge on any atom is 0.251 e. The van der Waals surface area contributed by atoms with Gasteiger partial charge < -0.3 is 16.0 Å². The van der Waals surface area contributed by atoms with Gasteiger partial charge in [0.15, 0.2) is 0 Å². The maximum absolute atomic E-state index is 13.1. The Morgan fingerprint density at radius 3 is 0.949 bits per heavy atom. The minimum absolute atomic E-state index is 0.109. The highest BCUT2D eigenvalue weighted by Crippen LogP contribution is 2.13. The Labute approximate surface area is 243 Å². The van der Waals surface area contributed by atoms with E-state index in [-0.39, 0.29) is 16.7 Å². The fourth-order valence-corrected chi connectivity index (χ4v) is 4.32. The summed E-state index contributed by atoms with van der Waals surface area (Å²) < 4.78 is 24.8. The van der Waals surface area contributed by atoms with Crippen LogP contribution in [0, 0.1) is 0 Å². The van der Waals surface area contributed by atoms with Crippen LogP contribution in [0.3, 0.4) is 0 Å². The average Bonchev–Trinajstić information content (AvgIpc) is 2.96. The lowest BCUT2D eigenvalue weighted by Gasteiger charge is -2.12. The number of hydrogen-bond donors (Lipinski definition) is 3. The number of unbranched alkanes of at least 4 members (excludes halogenated alkanes) is 12. The molecule has 0 saturated heterocycles. The highest BCUT2D eigenvalue weighted by atomic mass is 16.2. The van der Waals surface area contributed by atoms with Gasteiger partial charge >= 0.3 is 0 Å². The van der Waals surface area contributed by atoms with Gasteiger partial charge in [-0.3, -0.25) is 14.4 Å². The van der Waals surface area contributed by atoms with E-state index in [0.29, 0.717) is 19.3 Å². The van der Waals surface area contributed by atoms with Gasteiger partial charge in [-0.15, -0.1) is 0 Å². The van der Waals surface area contributed by atoms with Gasteiger partial charge in [0.1, 0.15) is 0 Å². The Morgan fingerprint density at radius 2 is 0.692 bits per heavy atom. The van der Waals surface area contributed by atoms with E-state index in [2.05, 4.69) is 36.7 Å². The standard InChI is InChI=1S/C33H57N3O3/c1-4-7-10-13-16-19-22-34-31(37)28-25-29(32(38)35-23-20-17-14-11-8-5-2)27-30(26-28)33(39)36-24-21-18-15-12-9-6-3/h25-27H,4-24H2,1-3H3,(H,34,37)(H,35,38)(H,36,39)/i22D,23D,24D/t22-,23-,24-/m1/s1. The molecule has 1 aromatic carbocycles. The number of rotatable bonds is 24. The second kappa shape index (κ2) is 23.5. The highest BCUT2D eigenvalue weighted by molar-refractivity contribution is 6.04. The summed E-state index contributed by atoms with van der Waals surface area (Å²) in [5.74, 6) is -1.57. The van der Waals surface area contributed by atoms with E-state index in [4.69, 9.17) is 4.11 Å². The maximum atomic E-state index is 13.1. The molecule has 1 aromatic rings. The molecule has 0 saturated carbocycles. The van der Waals surface area contributed by atoms with Crippen molar-refractivity contribution in [1.29, 1.82) is 0 Å². The first-order valence-electron chi connectivity index (χ1n) is 17.3. The molecule has 0 aliphatic heterocycles. The second-order valence-corrected chi connectivity index (χ2v) is 10.4. The van der Waals surface area contributed by atoms with Crippen molar-refractivity contribution < 1.29 is 18.5 Å². The zero-order chi connectivity index (χ0) is 31.2. The molecular weight excluding hydrogens is 486 g/mol. The van der Waals surface area contributed by atoms with Gasteiger partial charge in [-0.25, -0.2) is 0 Å². The Balaban J connectivity index is 2.94. The van der Waals surface area contributed by atoms with Crippen LogP contribution in [0.1, 0.15) is 172 Å². The van der Waals surface area contributed by atoms with Crippen LogP contribution in [0.5, 0.6) is 0 Å². The van der Waals surface area contributed by atoms with E-state index in [0.717, 1.165) is 96.3 Å². The molecule has 0 spiro atoms. The van der Waals surface area contributed by atoms with Crippen LogP contribution in [0.15, 0.2) is 18.2 Å². The van der Waals surface area contributed by atoms with Crippen molar-refractivity contribution in [2.75, 3.05) is 19.6 Å². The molecule has 1 rings (SSSR count). The lowest BCUT2D eigenvalue weighted by molar-refractivity contribution is 0.0952. The molecule has 3 N–H and O–H groups in total. The number of hydrogen-bond acceptors (Lipinski definition) is 3. The third-order valence-electron chi connectivity index (χ3n) is 6.78. The molecule has 6 heteroatoms.